The minimum absolute atomic E-state index is 0.281. The number of amides is 2. The van der Waals surface area contributed by atoms with Crippen LogP contribution in [0.3, 0.4) is 0 Å². The summed E-state index contributed by atoms with van der Waals surface area (Å²) in [5.74, 6) is -1.85. The van der Waals surface area contributed by atoms with Crippen LogP contribution in [0.25, 0.3) is 0 Å². The molecule has 286 valence electrons. The van der Waals surface area contributed by atoms with Crippen molar-refractivity contribution in [3.05, 3.63) is 96.3 Å². The van der Waals surface area contributed by atoms with Crippen LogP contribution in [0, 0.1) is 0 Å². The maximum atomic E-state index is 14.2. The van der Waals surface area contributed by atoms with Gasteiger partial charge in [0.1, 0.15) is 12.1 Å². The SMILES string of the molecule is CCCCCCCCOC(=O)[C@H](NC(=O)[C@H]1CC[C@@H](C(=O)N[C@@H](C(=O)OCCCCCCCC)c2ccccc2)N1c1ccncc1)c1ccccc1. The lowest BCUT2D eigenvalue weighted by molar-refractivity contribution is -0.148. The van der Waals surface area contributed by atoms with E-state index in [1.807, 2.05) is 36.4 Å². The summed E-state index contributed by atoms with van der Waals surface area (Å²) in [4.78, 5) is 61.1. The minimum atomic E-state index is -1.01. The van der Waals surface area contributed by atoms with Crippen molar-refractivity contribution >= 4 is 29.4 Å². The van der Waals surface area contributed by atoms with Gasteiger partial charge < -0.3 is 25.0 Å². The monoisotopic (exact) mass is 726 g/mol. The normalized spacial score (nSPS) is 16.4. The Morgan fingerprint density at radius 3 is 1.42 bits per heavy atom. The lowest BCUT2D eigenvalue weighted by atomic mass is 10.1. The molecule has 4 rings (SSSR count). The predicted molar refractivity (Wildman–Crippen MR) is 207 cm³/mol. The van der Waals surface area contributed by atoms with E-state index >= 15 is 0 Å². The number of nitrogens with zero attached hydrogens (tertiary/aromatic N) is 2. The van der Waals surface area contributed by atoms with Crippen LogP contribution in [0.15, 0.2) is 85.2 Å². The third kappa shape index (κ3) is 13.0. The van der Waals surface area contributed by atoms with Crippen LogP contribution in [0.1, 0.15) is 127 Å². The first-order valence-electron chi connectivity index (χ1n) is 19.7. The zero-order valence-corrected chi connectivity index (χ0v) is 31.5. The van der Waals surface area contributed by atoms with Gasteiger partial charge in [0, 0.05) is 18.1 Å². The number of nitrogens with one attached hydrogen (secondary N) is 2. The molecular formula is C43H58N4O6. The number of anilines is 1. The number of carbonyl (C=O) groups excluding carboxylic acids is 4. The summed E-state index contributed by atoms with van der Waals surface area (Å²) in [5.41, 5.74) is 1.85. The van der Waals surface area contributed by atoms with E-state index < -0.39 is 47.9 Å². The molecule has 1 fully saturated rings. The summed E-state index contributed by atoms with van der Waals surface area (Å²) in [5, 5.41) is 5.91. The van der Waals surface area contributed by atoms with E-state index in [4.69, 9.17) is 9.47 Å². The van der Waals surface area contributed by atoms with Gasteiger partial charge in [-0.15, -0.1) is 0 Å². The quantitative estimate of drug-likeness (QED) is 0.0745. The smallest absolute Gasteiger partial charge is 0.333 e. The molecule has 0 unspecified atom stereocenters. The van der Waals surface area contributed by atoms with E-state index in [2.05, 4.69) is 29.5 Å². The Kier molecular flexibility index (Phi) is 17.8. The van der Waals surface area contributed by atoms with E-state index in [1.165, 1.54) is 25.7 Å². The van der Waals surface area contributed by atoms with Crippen molar-refractivity contribution in [2.75, 3.05) is 18.1 Å². The minimum Gasteiger partial charge on any atom is -0.464 e. The van der Waals surface area contributed by atoms with Crippen molar-refractivity contribution in [3.63, 3.8) is 0 Å². The van der Waals surface area contributed by atoms with Gasteiger partial charge in [0.15, 0.2) is 12.1 Å². The van der Waals surface area contributed by atoms with Crippen molar-refractivity contribution in [1.82, 2.24) is 15.6 Å². The maximum Gasteiger partial charge on any atom is 0.333 e. The second-order valence-electron chi connectivity index (χ2n) is 13.8. The second-order valence-corrected chi connectivity index (χ2v) is 13.8. The lowest BCUT2D eigenvalue weighted by Gasteiger charge is -2.32. The molecule has 2 N–H and O–H groups in total. The first-order chi connectivity index (χ1) is 25.9. The number of aromatic nitrogens is 1. The van der Waals surface area contributed by atoms with E-state index in [9.17, 15) is 19.2 Å². The van der Waals surface area contributed by atoms with Gasteiger partial charge in [0.2, 0.25) is 11.8 Å². The summed E-state index contributed by atoms with van der Waals surface area (Å²) >= 11 is 0. The molecule has 1 saturated heterocycles. The third-order valence-electron chi connectivity index (χ3n) is 9.75. The molecular weight excluding hydrogens is 668 g/mol. The number of carbonyl (C=O) groups is 4. The highest BCUT2D eigenvalue weighted by Gasteiger charge is 2.43. The molecule has 0 aliphatic carbocycles. The highest BCUT2D eigenvalue weighted by atomic mass is 16.5. The molecule has 2 heterocycles. The first-order valence-corrected chi connectivity index (χ1v) is 19.7. The Bertz CT molecular complexity index is 1430. The average molecular weight is 727 g/mol. The molecule has 0 spiro atoms. The Balaban J connectivity index is 1.47. The average Bonchev–Trinajstić information content (AvgIpc) is 3.65. The summed E-state index contributed by atoms with van der Waals surface area (Å²) in [6, 6.07) is 18.0. The number of unbranched alkanes of at least 4 members (excludes halogenated alkanes) is 10. The van der Waals surface area contributed by atoms with Crippen LogP contribution < -0.4 is 15.5 Å². The van der Waals surface area contributed by atoms with Crippen LogP contribution >= 0.6 is 0 Å². The fraction of sp³-hybridized carbons (Fsp3) is 0.512. The molecule has 1 aliphatic heterocycles. The molecule has 0 bridgehead atoms. The first kappa shape index (κ1) is 41.0. The predicted octanol–water partition coefficient (Wildman–Crippen LogP) is 7.94. The molecule has 2 amide bonds. The molecule has 10 nitrogen and oxygen atoms in total. The summed E-state index contributed by atoms with van der Waals surface area (Å²) < 4.78 is 11.4. The van der Waals surface area contributed by atoms with Gasteiger partial charge in [0.05, 0.1) is 13.2 Å². The summed E-state index contributed by atoms with van der Waals surface area (Å²) in [7, 11) is 0. The largest absolute Gasteiger partial charge is 0.464 e. The van der Waals surface area contributed by atoms with Gasteiger partial charge in [-0.2, -0.15) is 0 Å². The highest BCUT2D eigenvalue weighted by molar-refractivity contribution is 5.96. The fourth-order valence-corrected chi connectivity index (χ4v) is 6.80. The zero-order chi connectivity index (χ0) is 37.7. The van der Waals surface area contributed by atoms with Gasteiger partial charge in [-0.25, -0.2) is 9.59 Å². The Morgan fingerprint density at radius 2 is 1.00 bits per heavy atom. The Hall–Kier alpha value is -4.73. The van der Waals surface area contributed by atoms with Crippen molar-refractivity contribution < 1.29 is 28.7 Å². The van der Waals surface area contributed by atoms with Crippen molar-refractivity contribution in [2.24, 2.45) is 0 Å². The second kappa shape index (κ2) is 23.0. The molecule has 3 aromatic rings. The number of hydrogen-bond acceptors (Lipinski definition) is 8. The fourth-order valence-electron chi connectivity index (χ4n) is 6.80. The number of benzene rings is 2. The zero-order valence-electron chi connectivity index (χ0n) is 31.5. The standard InChI is InChI=1S/C43H58N4O6/c1-3-5-7-9-11-19-31-52-42(50)38(33-21-15-13-16-22-33)45-40(48)36-25-26-37(47(36)35-27-29-44-30-28-35)41(49)46-39(34-23-17-14-18-24-34)43(51)53-32-20-12-10-8-6-4-2/h13-18,21-24,27-30,36-39H,3-12,19-20,25-26,31-32H2,1-2H3,(H,45,48)(H,46,49)/t36-,37+,38-,39-/m1/s1. The number of hydrogen-bond donors (Lipinski definition) is 2. The van der Waals surface area contributed by atoms with E-state index in [1.54, 1.807) is 53.7 Å². The lowest BCUT2D eigenvalue weighted by Crippen LogP contribution is -2.53. The van der Waals surface area contributed by atoms with Gasteiger partial charge in [-0.05, 0) is 48.9 Å². The number of ether oxygens (including phenoxy) is 2. The number of pyridine rings is 1. The van der Waals surface area contributed by atoms with Crippen molar-refractivity contribution in [2.45, 2.75) is 128 Å². The van der Waals surface area contributed by atoms with Crippen LogP contribution in [-0.4, -0.2) is 54.0 Å². The van der Waals surface area contributed by atoms with E-state index in [0.717, 1.165) is 51.4 Å². The van der Waals surface area contributed by atoms with E-state index in [0.29, 0.717) is 29.7 Å². The maximum absolute atomic E-state index is 14.2. The van der Waals surface area contributed by atoms with Gasteiger partial charge in [-0.3, -0.25) is 14.6 Å². The molecule has 0 saturated carbocycles. The summed E-state index contributed by atoms with van der Waals surface area (Å²) in [6.07, 6.45) is 16.6. The molecule has 4 atom stereocenters. The van der Waals surface area contributed by atoms with Crippen LogP contribution in [0.5, 0.6) is 0 Å². The van der Waals surface area contributed by atoms with Crippen molar-refractivity contribution in [3.8, 4) is 0 Å². The van der Waals surface area contributed by atoms with Gasteiger partial charge >= 0.3 is 11.9 Å². The highest BCUT2D eigenvalue weighted by Crippen LogP contribution is 2.32. The van der Waals surface area contributed by atoms with Crippen LogP contribution in [0.2, 0.25) is 0 Å². The van der Waals surface area contributed by atoms with Crippen LogP contribution in [-0.2, 0) is 28.7 Å². The molecule has 2 aromatic carbocycles. The van der Waals surface area contributed by atoms with Gasteiger partial charge in [-0.1, -0.05) is 139 Å². The van der Waals surface area contributed by atoms with E-state index in [-0.39, 0.29) is 13.2 Å². The van der Waals surface area contributed by atoms with Crippen LogP contribution in [0.4, 0.5) is 5.69 Å². The molecule has 0 radical (unpaired) electrons. The molecule has 10 heteroatoms. The number of esters is 2. The van der Waals surface area contributed by atoms with Crippen molar-refractivity contribution in [1.29, 1.82) is 0 Å². The molecule has 1 aliphatic rings. The van der Waals surface area contributed by atoms with Gasteiger partial charge in [0.25, 0.3) is 0 Å². The topological polar surface area (TPSA) is 127 Å². The Labute approximate surface area is 315 Å². The molecule has 53 heavy (non-hydrogen) atoms. The number of rotatable bonds is 23. The molecule has 1 aromatic heterocycles. The Morgan fingerprint density at radius 1 is 0.604 bits per heavy atom. The third-order valence-corrected chi connectivity index (χ3v) is 9.75. The summed E-state index contributed by atoms with van der Waals surface area (Å²) in [6.45, 7) is 4.91.